The number of rotatable bonds is 8. The van der Waals surface area contributed by atoms with Gasteiger partial charge in [0.25, 0.3) is 0 Å². The van der Waals surface area contributed by atoms with Gasteiger partial charge < -0.3 is 20.3 Å². The van der Waals surface area contributed by atoms with Gasteiger partial charge in [0.15, 0.2) is 5.96 Å². The molecule has 1 aliphatic rings. The Morgan fingerprint density at radius 3 is 2.54 bits per heavy atom. The Labute approximate surface area is 144 Å². The molecule has 0 saturated carbocycles. The molecule has 1 aromatic rings. The molecule has 2 rings (SSSR count). The number of piperazine rings is 1. The maximum absolute atomic E-state index is 5.31. The van der Waals surface area contributed by atoms with Gasteiger partial charge in [-0.2, -0.15) is 0 Å². The fraction of sp³-hybridized carbons (Fsp3) is 0.688. The van der Waals surface area contributed by atoms with Crippen LogP contribution in [0.1, 0.15) is 6.92 Å². The second kappa shape index (κ2) is 10.8. The van der Waals surface area contributed by atoms with E-state index < -0.39 is 0 Å². The van der Waals surface area contributed by atoms with Crippen LogP contribution in [0.3, 0.4) is 0 Å². The summed E-state index contributed by atoms with van der Waals surface area (Å²) >= 11 is 0. The number of aromatic nitrogens is 2. The van der Waals surface area contributed by atoms with Crippen molar-refractivity contribution in [1.82, 2.24) is 25.5 Å². The van der Waals surface area contributed by atoms with Crippen molar-refractivity contribution in [2.75, 3.05) is 71.0 Å². The molecule has 0 bridgehead atoms. The van der Waals surface area contributed by atoms with Gasteiger partial charge in [0.05, 0.1) is 6.61 Å². The second-order valence-electron chi connectivity index (χ2n) is 5.50. The first-order valence-corrected chi connectivity index (χ1v) is 8.60. The molecule has 2 heterocycles. The molecule has 0 radical (unpaired) electrons. The Hall–Kier alpha value is -1.93. The van der Waals surface area contributed by atoms with Gasteiger partial charge in [-0.05, 0) is 13.0 Å². The van der Waals surface area contributed by atoms with Crippen LogP contribution in [0.5, 0.6) is 0 Å². The Kier molecular flexibility index (Phi) is 8.26. The summed E-state index contributed by atoms with van der Waals surface area (Å²) in [6, 6.07) is 1.85. The molecule has 0 unspecified atom stereocenters. The van der Waals surface area contributed by atoms with Gasteiger partial charge >= 0.3 is 0 Å². The van der Waals surface area contributed by atoms with Crippen molar-refractivity contribution in [3.63, 3.8) is 0 Å². The molecule has 0 atom stereocenters. The van der Waals surface area contributed by atoms with E-state index in [1.54, 1.807) is 19.4 Å². The molecule has 1 saturated heterocycles. The quantitative estimate of drug-likeness (QED) is 0.387. The largest absolute Gasteiger partial charge is 0.380 e. The Morgan fingerprint density at radius 2 is 1.88 bits per heavy atom. The number of guanidine groups is 1. The predicted octanol–water partition coefficient (Wildman–Crippen LogP) is -0.200. The van der Waals surface area contributed by atoms with Crippen LogP contribution in [-0.4, -0.2) is 86.9 Å². The van der Waals surface area contributed by atoms with Crippen LogP contribution < -0.4 is 15.5 Å². The standard InChI is InChI=1S/C16H29N7O/c1-3-24-14-8-19-15(17-2)18-7-9-22-10-12-23(13-11-22)16-20-5-4-6-21-16/h4-6H,3,7-14H2,1-2H3,(H2,17,18,19). The van der Waals surface area contributed by atoms with E-state index in [9.17, 15) is 0 Å². The Bertz CT molecular complexity index is 475. The van der Waals surface area contributed by atoms with Gasteiger partial charge in [-0.15, -0.1) is 0 Å². The van der Waals surface area contributed by atoms with E-state index in [0.29, 0.717) is 6.61 Å². The normalized spacial score (nSPS) is 16.2. The zero-order valence-corrected chi connectivity index (χ0v) is 14.7. The van der Waals surface area contributed by atoms with Crippen molar-refractivity contribution >= 4 is 11.9 Å². The molecule has 0 aromatic carbocycles. The summed E-state index contributed by atoms with van der Waals surface area (Å²) in [6.45, 7) is 10.0. The van der Waals surface area contributed by atoms with E-state index in [1.165, 1.54) is 0 Å². The van der Waals surface area contributed by atoms with Crippen LogP contribution >= 0.6 is 0 Å². The number of hydrogen-bond acceptors (Lipinski definition) is 6. The number of ether oxygens (including phenoxy) is 1. The Balaban J connectivity index is 1.60. The van der Waals surface area contributed by atoms with E-state index in [0.717, 1.165) is 64.3 Å². The van der Waals surface area contributed by atoms with Crippen molar-refractivity contribution in [1.29, 1.82) is 0 Å². The predicted molar refractivity (Wildman–Crippen MR) is 96.5 cm³/mol. The van der Waals surface area contributed by atoms with Crippen molar-refractivity contribution in [2.45, 2.75) is 6.92 Å². The highest BCUT2D eigenvalue weighted by molar-refractivity contribution is 5.79. The van der Waals surface area contributed by atoms with E-state index >= 15 is 0 Å². The molecule has 0 aliphatic carbocycles. The number of aliphatic imine (C=N–C) groups is 1. The fourth-order valence-corrected chi connectivity index (χ4v) is 2.56. The van der Waals surface area contributed by atoms with Crippen LogP contribution in [0.2, 0.25) is 0 Å². The van der Waals surface area contributed by atoms with Crippen molar-refractivity contribution < 1.29 is 4.74 Å². The van der Waals surface area contributed by atoms with Crippen molar-refractivity contribution in [3.8, 4) is 0 Å². The first-order chi connectivity index (χ1) is 11.8. The number of nitrogens with one attached hydrogen (secondary N) is 2. The summed E-state index contributed by atoms with van der Waals surface area (Å²) in [6.07, 6.45) is 3.59. The van der Waals surface area contributed by atoms with E-state index in [1.807, 2.05) is 13.0 Å². The molecule has 0 spiro atoms. The molecular formula is C16H29N7O. The molecule has 8 heteroatoms. The zero-order valence-electron chi connectivity index (χ0n) is 14.7. The molecule has 134 valence electrons. The minimum absolute atomic E-state index is 0.695. The van der Waals surface area contributed by atoms with Gasteiger partial charge in [-0.3, -0.25) is 9.89 Å². The summed E-state index contributed by atoms with van der Waals surface area (Å²) in [5.41, 5.74) is 0. The monoisotopic (exact) mass is 335 g/mol. The molecule has 2 N–H and O–H groups in total. The molecule has 1 aliphatic heterocycles. The van der Waals surface area contributed by atoms with Gasteiger partial charge in [0, 0.05) is 71.9 Å². The lowest BCUT2D eigenvalue weighted by Crippen LogP contribution is -2.49. The fourth-order valence-electron chi connectivity index (χ4n) is 2.56. The van der Waals surface area contributed by atoms with Crippen molar-refractivity contribution in [3.05, 3.63) is 18.5 Å². The van der Waals surface area contributed by atoms with Gasteiger partial charge in [-0.1, -0.05) is 0 Å². The summed E-state index contributed by atoms with van der Waals surface area (Å²) in [4.78, 5) is 17.5. The lowest BCUT2D eigenvalue weighted by atomic mass is 10.3. The summed E-state index contributed by atoms with van der Waals surface area (Å²) in [5.74, 6) is 1.65. The van der Waals surface area contributed by atoms with Crippen LogP contribution in [0.4, 0.5) is 5.95 Å². The highest BCUT2D eigenvalue weighted by Crippen LogP contribution is 2.08. The molecule has 1 aromatic heterocycles. The van der Waals surface area contributed by atoms with Gasteiger partial charge in [0.2, 0.25) is 5.95 Å². The first kappa shape index (κ1) is 18.4. The average molecular weight is 335 g/mol. The third-order valence-corrected chi connectivity index (χ3v) is 3.89. The van der Waals surface area contributed by atoms with Crippen LogP contribution in [0, 0.1) is 0 Å². The molecule has 24 heavy (non-hydrogen) atoms. The molecule has 1 fully saturated rings. The number of hydrogen-bond donors (Lipinski definition) is 2. The number of anilines is 1. The van der Waals surface area contributed by atoms with Crippen LogP contribution in [0.25, 0.3) is 0 Å². The molecule has 0 amide bonds. The Morgan fingerprint density at radius 1 is 1.17 bits per heavy atom. The summed E-state index contributed by atoms with van der Waals surface area (Å²) < 4.78 is 5.31. The number of nitrogens with zero attached hydrogens (tertiary/aromatic N) is 5. The van der Waals surface area contributed by atoms with Gasteiger partial charge in [-0.25, -0.2) is 9.97 Å². The highest BCUT2D eigenvalue weighted by Gasteiger charge is 2.18. The third kappa shape index (κ3) is 6.29. The van der Waals surface area contributed by atoms with E-state index in [4.69, 9.17) is 4.74 Å². The third-order valence-electron chi connectivity index (χ3n) is 3.89. The zero-order chi connectivity index (χ0) is 17.0. The minimum atomic E-state index is 0.695. The van der Waals surface area contributed by atoms with Crippen molar-refractivity contribution in [2.24, 2.45) is 4.99 Å². The maximum atomic E-state index is 5.31. The SMILES string of the molecule is CCOCCNC(=NC)NCCN1CCN(c2ncccn2)CC1. The van der Waals surface area contributed by atoms with Gasteiger partial charge in [0.1, 0.15) is 0 Å². The summed E-state index contributed by atoms with van der Waals surface area (Å²) in [5, 5.41) is 6.58. The lowest BCUT2D eigenvalue weighted by Gasteiger charge is -2.34. The lowest BCUT2D eigenvalue weighted by molar-refractivity contribution is 0.152. The van der Waals surface area contributed by atoms with E-state index in [2.05, 4.69) is 35.4 Å². The summed E-state index contributed by atoms with van der Waals surface area (Å²) in [7, 11) is 1.79. The second-order valence-corrected chi connectivity index (χ2v) is 5.50. The average Bonchev–Trinajstić information content (AvgIpc) is 2.65. The van der Waals surface area contributed by atoms with E-state index in [-0.39, 0.29) is 0 Å². The maximum Gasteiger partial charge on any atom is 0.225 e. The highest BCUT2D eigenvalue weighted by atomic mass is 16.5. The van der Waals surface area contributed by atoms with Crippen LogP contribution in [0.15, 0.2) is 23.5 Å². The minimum Gasteiger partial charge on any atom is -0.380 e. The van der Waals surface area contributed by atoms with Crippen LogP contribution in [-0.2, 0) is 4.74 Å². The molecule has 8 nitrogen and oxygen atoms in total. The molecular weight excluding hydrogens is 306 g/mol. The smallest absolute Gasteiger partial charge is 0.225 e. The topological polar surface area (TPSA) is 77.9 Å². The first-order valence-electron chi connectivity index (χ1n) is 8.60.